The van der Waals surface area contributed by atoms with Crippen LogP contribution in [0.2, 0.25) is 0 Å². The zero-order valence-electron chi connectivity index (χ0n) is 8.57. The van der Waals surface area contributed by atoms with Gasteiger partial charge >= 0.3 is 0 Å². The zero-order valence-corrected chi connectivity index (χ0v) is 8.57. The fourth-order valence-electron chi connectivity index (χ4n) is 1.11. The van der Waals surface area contributed by atoms with Crippen LogP contribution in [-0.4, -0.2) is 11.3 Å². The first-order valence-corrected chi connectivity index (χ1v) is 4.55. The highest BCUT2D eigenvalue weighted by Gasteiger charge is 1.97. The monoisotopic (exact) mass is 189 g/mol. The van der Waals surface area contributed by atoms with Crippen LogP contribution in [0.3, 0.4) is 0 Å². The predicted molar refractivity (Wildman–Crippen MR) is 59.9 cm³/mol. The van der Waals surface area contributed by atoms with E-state index in [0.717, 1.165) is 11.1 Å². The Bertz CT molecular complexity index is 353. The smallest absolute Gasteiger partial charge is 0.0801 e. The number of nitrogens with zero attached hydrogens (tertiary/aromatic N) is 2. The Morgan fingerprint density at radius 2 is 2.36 bits per heavy atom. The van der Waals surface area contributed by atoms with E-state index in [4.69, 9.17) is 5.73 Å². The molecule has 0 bridgehead atoms. The normalized spacial score (nSPS) is 12.3. The molecule has 1 aromatic rings. The molecule has 0 radical (unpaired) electrons. The van der Waals surface area contributed by atoms with Crippen LogP contribution < -0.4 is 5.73 Å². The number of pyridine rings is 1. The van der Waals surface area contributed by atoms with Crippen LogP contribution in [0.25, 0.3) is 5.57 Å². The molecular formula is C11H15N3. The van der Waals surface area contributed by atoms with E-state index in [1.165, 1.54) is 11.9 Å². The van der Waals surface area contributed by atoms with E-state index < -0.39 is 0 Å². The van der Waals surface area contributed by atoms with Crippen LogP contribution in [0, 0.1) is 0 Å². The Balaban J connectivity index is 2.89. The summed E-state index contributed by atoms with van der Waals surface area (Å²) in [6.45, 7) is 4.67. The number of aromatic nitrogens is 1. The third-order valence-electron chi connectivity index (χ3n) is 2.06. The minimum atomic E-state index is 0.592. The van der Waals surface area contributed by atoms with Gasteiger partial charge in [0, 0.05) is 12.4 Å². The molecule has 1 rings (SSSR count). The van der Waals surface area contributed by atoms with Crippen LogP contribution in [-0.2, 0) is 6.54 Å². The molecule has 0 saturated carbocycles. The molecule has 0 aliphatic heterocycles. The minimum absolute atomic E-state index is 0.592. The van der Waals surface area contributed by atoms with Crippen molar-refractivity contribution in [3.8, 4) is 0 Å². The number of allylic oxidation sites excluding steroid dienone is 2. The lowest BCUT2D eigenvalue weighted by Gasteiger charge is -2.02. The zero-order chi connectivity index (χ0) is 10.4. The van der Waals surface area contributed by atoms with Crippen LogP contribution in [0.4, 0.5) is 0 Å². The van der Waals surface area contributed by atoms with Crippen molar-refractivity contribution in [1.82, 2.24) is 4.98 Å². The third kappa shape index (κ3) is 2.69. The summed E-state index contributed by atoms with van der Waals surface area (Å²) >= 11 is 0. The lowest BCUT2D eigenvalue weighted by Crippen LogP contribution is -1.92. The van der Waals surface area contributed by atoms with Gasteiger partial charge in [0.15, 0.2) is 0 Å². The molecule has 74 valence electrons. The minimum Gasteiger partial charge on any atom is -0.390 e. The first-order chi connectivity index (χ1) is 6.77. The van der Waals surface area contributed by atoms with Crippen molar-refractivity contribution in [2.75, 3.05) is 0 Å². The van der Waals surface area contributed by atoms with E-state index in [2.05, 4.69) is 29.0 Å². The van der Waals surface area contributed by atoms with Crippen molar-refractivity contribution in [3.63, 3.8) is 0 Å². The molecule has 0 atom stereocenters. The van der Waals surface area contributed by atoms with E-state index in [9.17, 15) is 0 Å². The first-order valence-electron chi connectivity index (χ1n) is 4.55. The average Bonchev–Trinajstić information content (AvgIpc) is 2.25. The summed E-state index contributed by atoms with van der Waals surface area (Å²) in [5.41, 5.74) is 8.61. The lowest BCUT2D eigenvalue weighted by atomic mass is 10.1. The number of nitrogens with two attached hydrogens (primary N) is 1. The van der Waals surface area contributed by atoms with Gasteiger partial charge in [-0.15, -0.1) is 0 Å². The van der Waals surface area contributed by atoms with Gasteiger partial charge in [-0.05, 0) is 36.6 Å². The lowest BCUT2D eigenvalue weighted by molar-refractivity contribution is 1.05. The summed E-state index contributed by atoms with van der Waals surface area (Å²) < 4.78 is 0. The number of hydrogen-bond donors (Lipinski definition) is 1. The highest BCUT2D eigenvalue weighted by Crippen LogP contribution is 2.13. The molecule has 1 heterocycles. The number of hydrogen-bond acceptors (Lipinski definition) is 2. The Morgan fingerprint density at radius 1 is 1.57 bits per heavy atom. The summed E-state index contributed by atoms with van der Waals surface area (Å²) in [4.78, 5) is 8.11. The van der Waals surface area contributed by atoms with Crippen molar-refractivity contribution in [2.24, 2.45) is 10.7 Å². The molecule has 0 spiro atoms. The van der Waals surface area contributed by atoms with E-state index in [-0.39, 0.29) is 0 Å². The molecule has 0 aliphatic rings. The maximum absolute atomic E-state index is 5.18. The second kappa shape index (κ2) is 5.17. The van der Waals surface area contributed by atoms with Crippen molar-refractivity contribution < 1.29 is 0 Å². The Labute approximate surface area is 84.4 Å². The molecule has 0 unspecified atom stereocenters. The highest BCUT2D eigenvalue weighted by molar-refractivity contribution is 5.63. The largest absolute Gasteiger partial charge is 0.390 e. The summed E-state index contributed by atoms with van der Waals surface area (Å²) in [6.07, 6.45) is 7.03. The molecule has 2 N–H and O–H groups in total. The summed E-state index contributed by atoms with van der Waals surface area (Å²) in [6, 6.07) is 2.08. The van der Waals surface area contributed by atoms with E-state index in [1.54, 1.807) is 6.20 Å². The molecule has 0 fully saturated rings. The molecule has 0 saturated heterocycles. The van der Waals surface area contributed by atoms with Gasteiger partial charge in [0.05, 0.1) is 12.9 Å². The molecular weight excluding hydrogens is 174 g/mol. The second-order valence-corrected chi connectivity index (χ2v) is 3.04. The molecule has 0 aliphatic carbocycles. The fraction of sp³-hybridized carbons (Fsp3) is 0.273. The number of rotatable bonds is 3. The van der Waals surface area contributed by atoms with Crippen molar-refractivity contribution in [1.29, 1.82) is 0 Å². The third-order valence-corrected chi connectivity index (χ3v) is 2.06. The van der Waals surface area contributed by atoms with Gasteiger partial charge in [0.1, 0.15) is 0 Å². The van der Waals surface area contributed by atoms with Gasteiger partial charge in [0.2, 0.25) is 0 Å². The maximum atomic E-state index is 5.18. The molecule has 0 aromatic carbocycles. The predicted octanol–water partition coefficient (Wildman–Crippen LogP) is 1.99. The average molecular weight is 189 g/mol. The van der Waals surface area contributed by atoms with Crippen molar-refractivity contribution in [3.05, 3.63) is 35.7 Å². The van der Waals surface area contributed by atoms with Crippen molar-refractivity contribution in [2.45, 2.75) is 20.4 Å². The van der Waals surface area contributed by atoms with E-state index in [1.807, 2.05) is 13.1 Å². The Morgan fingerprint density at radius 3 is 3.00 bits per heavy atom. The van der Waals surface area contributed by atoms with Gasteiger partial charge in [-0.3, -0.25) is 9.98 Å². The van der Waals surface area contributed by atoms with Gasteiger partial charge in [-0.1, -0.05) is 6.08 Å². The number of aliphatic imine (C=N–C) groups is 1. The molecule has 0 amide bonds. The van der Waals surface area contributed by atoms with E-state index in [0.29, 0.717) is 6.54 Å². The van der Waals surface area contributed by atoms with Crippen LogP contribution >= 0.6 is 0 Å². The van der Waals surface area contributed by atoms with Gasteiger partial charge < -0.3 is 5.73 Å². The van der Waals surface area contributed by atoms with Gasteiger partial charge in [-0.25, -0.2) is 0 Å². The van der Waals surface area contributed by atoms with Gasteiger partial charge in [-0.2, -0.15) is 0 Å². The highest BCUT2D eigenvalue weighted by atomic mass is 14.8. The summed E-state index contributed by atoms with van der Waals surface area (Å²) in [5, 5.41) is 0. The molecule has 3 heteroatoms. The van der Waals surface area contributed by atoms with Crippen molar-refractivity contribution >= 4 is 11.9 Å². The molecule has 14 heavy (non-hydrogen) atoms. The maximum Gasteiger partial charge on any atom is 0.0801 e. The molecule has 3 nitrogen and oxygen atoms in total. The Kier molecular flexibility index (Phi) is 3.85. The fourth-order valence-corrected chi connectivity index (χ4v) is 1.11. The van der Waals surface area contributed by atoms with Gasteiger partial charge in [0.25, 0.3) is 0 Å². The Hall–Kier alpha value is -1.64. The second-order valence-electron chi connectivity index (χ2n) is 3.04. The quantitative estimate of drug-likeness (QED) is 0.584. The SMILES string of the molecule is C/C=C(\C)c1cncc(C/N=C/N)c1. The van der Waals surface area contributed by atoms with E-state index >= 15 is 0 Å². The van der Waals surface area contributed by atoms with Crippen LogP contribution in [0.5, 0.6) is 0 Å². The standard InChI is InChI=1S/C11H15N3/c1-3-9(2)11-4-10(5-13-7-11)6-14-8-12/h3-5,7-8H,6H2,1-2H3,(H2,12,14)/b9-3+. The van der Waals surface area contributed by atoms with Crippen LogP contribution in [0.15, 0.2) is 29.5 Å². The van der Waals surface area contributed by atoms with Crippen LogP contribution in [0.1, 0.15) is 25.0 Å². The first kappa shape index (κ1) is 10.4. The summed E-state index contributed by atoms with van der Waals surface area (Å²) in [7, 11) is 0. The summed E-state index contributed by atoms with van der Waals surface area (Å²) in [5.74, 6) is 0. The topological polar surface area (TPSA) is 51.3 Å². The molecule has 1 aromatic heterocycles.